The number of rotatable bonds is 6. The third-order valence-corrected chi connectivity index (χ3v) is 8.40. The van der Waals surface area contributed by atoms with Crippen LogP contribution in [0, 0.1) is 11.6 Å². The second-order valence-corrected chi connectivity index (χ2v) is 11.1. The number of hydrogen-bond acceptors (Lipinski definition) is 6. The molecule has 0 aliphatic heterocycles. The maximum Gasteiger partial charge on any atom is 0.354 e. The summed E-state index contributed by atoms with van der Waals surface area (Å²) in [4.78, 5) is 28.5. The summed E-state index contributed by atoms with van der Waals surface area (Å²) in [7, 11) is 0. The van der Waals surface area contributed by atoms with Crippen LogP contribution in [0.3, 0.4) is 0 Å². The molecule has 6 aromatic rings. The minimum atomic E-state index is -0.848. The van der Waals surface area contributed by atoms with Crippen LogP contribution in [0.2, 0.25) is 0 Å². The molecule has 0 saturated heterocycles. The van der Waals surface area contributed by atoms with Crippen molar-refractivity contribution in [2.75, 3.05) is 0 Å². The van der Waals surface area contributed by atoms with E-state index in [9.17, 15) is 19.1 Å². The summed E-state index contributed by atoms with van der Waals surface area (Å²) in [6, 6.07) is 26.4. The van der Waals surface area contributed by atoms with Crippen molar-refractivity contribution in [2.24, 2.45) is 0 Å². The first-order valence-electron chi connectivity index (χ1n) is 12.1. The molecule has 2 heterocycles. The average molecular weight is 572 g/mol. The zero-order valence-corrected chi connectivity index (χ0v) is 22.3. The molecule has 40 heavy (non-hydrogen) atoms. The molecule has 4 aromatic carbocycles. The quantitative estimate of drug-likeness (QED) is 0.210. The number of hydrogen-bond donors (Lipinski definition) is 1. The number of aromatic nitrogens is 1. The lowest BCUT2D eigenvalue weighted by atomic mass is 10.1. The zero-order valence-electron chi connectivity index (χ0n) is 20.6. The predicted molar refractivity (Wildman–Crippen MR) is 153 cm³/mol. The molecular weight excluding hydrogens is 552 g/mol. The van der Waals surface area contributed by atoms with E-state index in [0.29, 0.717) is 16.0 Å². The van der Waals surface area contributed by atoms with Gasteiger partial charge in [-0.15, -0.1) is 0 Å². The van der Waals surface area contributed by atoms with Gasteiger partial charge in [-0.2, -0.15) is 0 Å². The molecule has 9 heteroatoms. The molecule has 1 N–H and O–H groups in total. The Hall–Kier alpha value is -4.34. The summed E-state index contributed by atoms with van der Waals surface area (Å²) in [5, 5.41) is 11.1. The lowest BCUT2D eigenvalue weighted by Crippen LogP contribution is -2.23. The van der Waals surface area contributed by atoms with E-state index in [4.69, 9.17) is 4.42 Å². The summed E-state index contributed by atoms with van der Waals surface area (Å²) in [6.45, 7) is 0.00631. The summed E-state index contributed by atoms with van der Waals surface area (Å²) < 4.78 is 36.0. The molecule has 2 aromatic heterocycles. The van der Waals surface area contributed by atoms with E-state index in [-0.39, 0.29) is 32.7 Å². The highest BCUT2D eigenvalue weighted by atomic mass is 32.2. The topological polar surface area (TPSA) is 72.4 Å². The fourth-order valence-corrected chi connectivity index (χ4v) is 6.13. The summed E-state index contributed by atoms with van der Waals surface area (Å²) in [6.07, 6.45) is 0. The Morgan fingerprint density at radius 1 is 0.800 bits per heavy atom. The van der Waals surface area contributed by atoms with Crippen molar-refractivity contribution in [1.29, 1.82) is 0 Å². The van der Waals surface area contributed by atoms with E-state index in [0.717, 1.165) is 16.7 Å². The Bertz CT molecular complexity index is 1990. The number of fused-ring (bicyclic) bond motifs is 3. The third kappa shape index (κ3) is 4.89. The molecular formula is C31H19F2NO4S2. The van der Waals surface area contributed by atoms with Gasteiger partial charge in [-0.1, -0.05) is 72.1 Å². The Balaban J connectivity index is 1.62. The van der Waals surface area contributed by atoms with E-state index in [2.05, 4.69) is 0 Å². The number of pyridine rings is 1. The predicted octanol–water partition coefficient (Wildman–Crippen LogP) is 7.44. The normalized spacial score (nSPS) is 11.3. The van der Waals surface area contributed by atoms with Gasteiger partial charge in [0.05, 0.1) is 17.0 Å². The molecule has 0 fully saturated rings. The van der Waals surface area contributed by atoms with E-state index < -0.39 is 28.6 Å². The SMILES string of the molecule is O=c1oc2c(c(O)c1Sc1ccccc1)c(=O)n(Cc1ccc(F)cc1)c1cc(Sc3ccccc3)c(F)cc21. The fraction of sp³-hybridized carbons (Fsp3) is 0.0323. The lowest BCUT2D eigenvalue weighted by molar-refractivity contribution is 0.446. The van der Waals surface area contributed by atoms with Crippen molar-refractivity contribution >= 4 is 45.4 Å². The molecule has 0 unspecified atom stereocenters. The largest absolute Gasteiger partial charge is 0.505 e. The maximum atomic E-state index is 15.5. The summed E-state index contributed by atoms with van der Waals surface area (Å²) in [5.74, 6) is -1.55. The van der Waals surface area contributed by atoms with Crippen LogP contribution in [-0.4, -0.2) is 9.67 Å². The smallest absolute Gasteiger partial charge is 0.354 e. The first-order valence-corrected chi connectivity index (χ1v) is 13.8. The number of aromatic hydroxyl groups is 1. The van der Waals surface area contributed by atoms with Gasteiger partial charge in [0.1, 0.15) is 21.9 Å². The Labute approximate surface area is 234 Å². The van der Waals surface area contributed by atoms with Crippen LogP contribution in [0.5, 0.6) is 5.75 Å². The van der Waals surface area contributed by atoms with Crippen LogP contribution >= 0.6 is 23.5 Å². The van der Waals surface area contributed by atoms with Gasteiger partial charge in [0, 0.05) is 15.2 Å². The standard InChI is InChI=1S/C31H19F2NO4S2/c32-19-13-11-18(12-14-19)17-34-24-16-25(39-20-7-3-1-4-8-20)23(33)15-22(24)28-26(30(34)36)27(35)29(31(37)38-28)40-21-9-5-2-6-10-21/h1-16,35H,17H2. The molecule has 6 rings (SSSR count). The molecule has 0 radical (unpaired) electrons. The van der Waals surface area contributed by atoms with Gasteiger partial charge in [-0.25, -0.2) is 13.6 Å². The van der Waals surface area contributed by atoms with Gasteiger partial charge >= 0.3 is 5.63 Å². The first-order chi connectivity index (χ1) is 19.4. The van der Waals surface area contributed by atoms with Crippen LogP contribution in [0.1, 0.15) is 5.56 Å². The van der Waals surface area contributed by atoms with Crippen molar-refractivity contribution in [3.63, 3.8) is 0 Å². The van der Waals surface area contributed by atoms with Crippen molar-refractivity contribution in [1.82, 2.24) is 4.57 Å². The van der Waals surface area contributed by atoms with Gasteiger partial charge in [-0.05, 0) is 54.1 Å². The highest BCUT2D eigenvalue weighted by Gasteiger charge is 2.24. The fourth-order valence-electron chi connectivity index (χ4n) is 4.41. The number of benzene rings is 4. The van der Waals surface area contributed by atoms with Crippen LogP contribution in [-0.2, 0) is 6.54 Å². The average Bonchev–Trinajstić information content (AvgIpc) is 2.96. The van der Waals surface area contributed by atoms with Crippen molar-refractivity contribution < 1.29 is 18.3 Å². The van der Waals surface area contributed by atoms with Crippen molar-refractivity contribution in [3.05, 3.63) is 135 Å². The minimum absolute atomic E-state index is 0.00631. The minimum Gasteiger partial charge on any atom is -0.505 e. The molecule has 0 aliphatic carbocycles. The molecule has 0 atom stereocenters. The Morgan fingerprint density at radius 3 is 2.08 bits per heavy atom. The molecule has 5 nitrogen and oxygen atoms in total. The number of nitrogens with zero attached hydrogens (tertiary/aromatic N) is 1. The van der Waals surface area contributed by atoms with Crippen LogP contribution in [0.15, 0.2) is 131 Å². The molecule has 198 valence electrons. The van der Waals surface area contributed by atoms with E-state index in [1.807, 2.05) is 36.4 Å². The lowest BCUT2D eigenvalue weighted by Gasteiger charge is -2.16. The second-order valence-electron chi connectivity index (χ2n) is 8.92. The maximum absolute atomic E-state index is 15.5. The molecule has 0 spiro atoms. The van der Waals surface area contributed by atoms with E-state index in [1.165, 1.54) is 40.6 Å². The van der Waals surface area contributed by atoms with Crippen LogP contribution in [0.4, 0.5) is 8.78 Å². The third-order valence-electron chi connectivity index (χ3n) is 6.29. The van der Waals surface area contributed by atoms with Crippen molar-refractivity contribution in [3.8, 4) is 5.75 Å². The zero-order chi connectivity index (χ0) is 27.8. The monoisotopic (exact) mass is 571 g/mol. The highest BCUT2D eigenvalue weighted by molar-refractivity contribution is 7.99. The van der Waals surface area contributed by atoms with E-state index >= 15 is 4.39 Å². The van der Waals surface area contributed by atoms with Gasteiger partial charge in [0.15, 0.2) is 11.3 Å². The van der Waals surface area contributed by atoms with Crippen LogP contribution in [0.25, 0.3) is 21.9 Å². The van der Waals surface area contributed by atoms with Crippen LogP contribution < -0.4 is 11.2 Å². The van der Waals surface area contributed by atoms with Gasteiger partial charge in [0.2, 0.25) is 0 Å². The summed E-state index contributed by atoms with van der Waals surface area (Å²) >= 11 is 2.15. The highest BCUT2D eigenvalue weighted by Crippen LogP contribution is 2.39. The Kier molecular flexibility index (Phi) is 6.91. The molecule has 0 bridgehead atoms. The Morgan fingerprint density at radius 2 is 1.43 bits per heavy atom. The molecule has 0 saturated carbocycles. The van der Waals surface area contributed by atoms with Crippen molar-refractivity contribution in [2.45, 2.75) is 26.1 Å². The van der Waals surface area contributed by atoms with Gasteiger partial charge < -0.3 is 14.1 Å². The van der Waals surface area contributed by atoms with Gasteiger partial charge in [0.25, 0.3) is 5.56 Å². The van der Waals surface area contributed by atoms with Gasteiger partial charge in [-0.3, -0.25) is 4.79 Å². The second kappa shape index (κ2) is 10.7. The first kappa shape index (κ1) is 25.9. The molecule has 0 amide bonds. The molecule has 0 aliphatic rings. The number of halogens is 2. The summed E-state index contributed by atoms with van der Waals surface area (Å²) in [5.41, 5.74) is -0.774. The van der Waals surface area contributed by atoms with E-state index in [1.54, 1.807) is 36.4 Å².